The van der Waals surface area contributed by atoms with Crippen molar-refractivity contribution in [1.82, 2.24) is 9.36 Å². The first kappa shape index (κ1) is 12.6. The average Bonchev–Trinajstić information content (AvgIpc) is 3.16. The van der Waals surface area contributed by atoms with Crippen molar-refractivity contribution in [2.24, 2.45) is 11.8 Å². The van der Waals surface area contributed by atoms with Gasteiger partial charge in [-0.05, 0) is 49.6 Å². The summed E-state index contributed by atoms with van der Waals surface area (Å²) in [6.07, 6.45) is 5.50. The van der Waals surface area contributed by atoms with Crippen molar-refractivity contribution in [2.45, 2.75) is 38.6 Å². The molecular formula is C14H18N4S2. The van der Waals surface area contributed by atoms with Crippen LogP contribution in [-0.4, -0.2) is 15.4 Å². The predicted molar refractivity (Wildman–Crippen MR) is 85.2 cm³/mol. The molecule has 3 unspecified atom stereocenters. The minimum Gasteiger partial charge on any atom is -0.382 e. The summed E-state index contributed by atoms with van der Waals surface area (Å²) >= 11 is 3.12. The molecule has 2 aliphatic rings. The second-order valence-corrected chi connectivity index (χ2v) is 7.62. The quantitative estimate of drug-likeness (QED) is 0.906. The van der Waals surface area contributed by atoms with Gasteiger partial charge in [0.2, 0.25) is 0 Å². The molecule has 2 fully saturated rings. The van der Waals surface area contributed by atoms with E-state index in [0.717, 1.165) is 33.1 Å². The Labute approximate surface area is 126 Å². The van der Waals surface area contributed by atoms with E-state index >= 15 is 0 Å². The lowest BCUT2D eigenvalue weighted by molar-refractivity contribution is 0.440. The van der Waals surface area contributed by atoms with E-state index in [2.05, 4.69) is 20.1 Å². The third-order valence-corrected chi connectivity index (χ3v) is 6.38. The van der Waals surface area contributed by atoms with Gasteiger partial charge in [0.1, 0.15) is 15.8 Å². The normalized spacial score (nSPS) is 28.1. The van der Waals surface area contributed by atoms with Crippen LogP contribution < -0.4 is 11.1 Å². The summed E-state index contributed by atoms with van der Waals surface area (Å²) < 4.78 is 4.33. The van der Waals surface area contributed by atoms with Crippen molar-refractivity contribution in [3.05, 3.63) is 11.1 Å². The Kier molecular flexibility index (Phi) is 2.96. The lowest BCUT2D eigenvalue weighted by Crippen LogP contribution is -2.25. The van der Waals surface area contributed by atoms with Crippen molar-refractivity contribution in [1.29, 1.82) is 0 Å². The Morgan fingerprint density at radius 3 is 2.90 bits per heavy atom. The molecule has 3 atom stereocenters. The number of nitrogens with one attached hydrogen (secondary N) is 1. The van der Waals surface area contributed by atoms with Crippen LogP contribution in [0, 0.1) is 18.8 Å². The third kappa shape index (κ3) is 2.02. The maximum Gasteiger partial charge on any atom is 0.149 e. The zero-order valence-electron chi connectivity index (χ0n) is 11.4. The number of aromatic nitrogens is 2. The summed E-state index contributed by atoms with van der Waals surface area (Å²) in [6.45, 7) is 2.01. The van der Waals surface area contributed by atoms with E-state index in [1.807, 2.05) is 6.92 Å². The first-order valence-corrected chi connectivity index (χ1v) is 8.80. The molecule has 2 bridgehead atoms. The number of nitrogens with two attached hydrogens (primary N) is 1. The van der Waals surface area contributed by atoms with Gasteiger partial charge in [-0.1, -0.05) is 6.42 Å². The minimum atomic E-state index is 0.605. The molecular weight excluding hydrogens is 288 g/mol. The first-order valence-electron chi connectivity index (χ1n) is 7.15. The Bertz CT molecular complexity index is 633. The van der Waals surface area contributed by atoms with E-state index in [4.69, 9.17) is 5.73 Å². The zero-order valence-corrected chi connectivity index (χ0v) is 13.1. The van der Waals surface area contributed by atoms with Gasteiger partial charge in [0.05, 0.1) is 5.56 Å². The molecule has 0 aliphatic heterocycles. The number of nitrogen functional groups attached to an aromatic ring is 1. The number of thiazole rings is 1. The summed E-state index contributed by atoms with van der Waals surface area (Å²) in [5.74, 6) is 2.39. The molecule has 2 aromatic heterocycles. The van der Waals surface area contributed by atoms with Crippen LogP contribution in [0.3, 0.4) is 0 Å². The standard InChI is InChI=1S/C14H18N4S2/c1-7-6-19-13(16-7)11-12(15)18-20-14(11)17-10-5-8-2-3-9(10)4-8/h6,8-10,17H,2-5H2,1H3,(H2,15,18). The lowest BCUT2D eigenvalue weighted by atomic mass is 9.95. The first-order chi connectivity index (χ1) is 9.70. The zero-order chi connectivity index (χ0) is 13.7. The molecule has 2 saturated carbocycles. The minimum absolute atomic E-state index is 0.605. The number of nitrogens with zero attached hydrogens (tertiary/aromatic N) is 2. The molecule has 6 heteroatoms. The number of aryl methyl sites for hydroxylation is 1. The van der Waals surface area contributed by atoms with Crippen LogP contribution in [0.5, 0.6) is 0 Å². The van der Waals surface area contributed by atoms with E-state index in [1.54, 1.807) is 11.3 Å². The van der Waals surface area contributed by atoms with Gasteiger partial charge in [0, 0.05) is 17.1 Å². The van der Waals surface area contributed by atoms with Crippen LogP contribution in [0.2, 0.25) is 0 Å². The molecule has 2 heterocycles. The summed E-state index contributed by atoms with van der Waals surface area (Å²) in [5.41, 5.74) is 8.11. The topological polar surface area (TPSA) is 63.8 Å². The van der Waals surface area contributed by atoms with Gasteiger partial charge in [-0.2, -0.15) is 4.37 Å². The van der Waals surface area contributed by atoms with E-state index in [0.29, 0.717) is 11.9 Å². The van der Waals surface area contributed by atoms with Gasteiger partial charge in [-0.15, -0.1) is 11.3 Å². The Balaban J connectivity index is 1.62. The van der Waals surface area contributed by atoms with Gasteiger partial charge in [-0.3, -0.25) is 0 Å². The number of anilines is 2. The fourth-order valence-corrected chi connectivity index (χ4v) is 5.36. The lowest BCUT2D eigenvalue weighted by Gasteiger charge is -2.23. The van der Waals surface area contributed by atoms with Crippen LogP contribution in [-0.2, 0) is 0 Å². The SMILES string of the molecule is Cc1csc(-c2c(N)nsc2NC2CC3CCC2C3)n1. The Morgan fingerprint density at radius 1 is 1.35 bits per heavy atom. The van der Waals surface area contributed by atoms with E-state index < -0.39 is 0 Å². The molecule has 3 N–H and O–H groups in total. The molecule has 0 aromatic carbocycles. The van der Waals surface area contributed by atoms with Crippen LogP contribution in [0.15, 0.2) is 5.38 Å². The van der Waals surface area contributed by atoms with Crippen molar-refractivity contribution < 1.29 is 0 Å². The van der Waals surface area contributed by atoms with Crippen LogP contribution in [0.4, 0.5) is 10.8 Å². The van der Waals surface area contributed by atoms with Gasteiger partial charge in [-0.25, -0.2) is 4.98 Å². The molecule has 106 valence electrons. The van der Waals surface area contributed by atoms with Gasteiger partial charge in [0.25, 0.3) is 0 Å². The fraction of sp³-hybridized carbons (Fsp3) is 0.571. The molecule has 4 rings (SSSR count). The van der Waals surface area contributed by atoms with Crippen LogP contribution in [0.25, 0.3) is 10.6 Å². The van der Waals surface area contributed by atoms with Crippen molar-refractivity contribution >= 4 is 33.7 Å². The van der Waals surface area contributed by atoms with Crippen LogP contribution >= 0.6 is 22.9 Å². The molecule has 0 radical (unpaired) electrons. The molecule has 0 amide bonds. The molecule has 0 saturated heterocycles. The molecule has 2 aliphatic carbocycles. The third-order valence-electron chi connectivity index (χ3n) is 4.61. The number of hydrogen-bond acceptors (Lipinski definition) is 6. The van der Waals surface area contributed by atoms with E-state index in [9.17, 15) is 0 Å². The number of rotatable bonds is 3. The van der Waals surface area contributed by atoms with Crippen molar-refractivity contribution in [2.75, 3.05) is 11.1 Å². The molecule has 0 spiro atoms. The Hall–Kier alpha value is -1.14. The van der Waals surface area contributed by atoms with Gasteiger partial charge in [0.15, 0.2) is 0 Å². The summed E-state index contributed by atoms with van der Waals surface area (Å²) in [7, 11) is 0. The second-order valence-electron chi connectivity index (χ2n) is 5.99. The largest absolute Gasteiger partial charge is 0.382 e. The smallest absolute Gasteiger partial charge is 0.149 e. The second kappa shape index (κ2) is 4.70. The number of fused-ring (bicyclic) bond motifs is 2. The van der Waals surface area contributed by atoms with E-state index in [-0.39, 0.29) is 0 Å². The Morgan fingerprint density at radius 2 is 2.25 bits per heavy atom. The molecule has 20 heavy (non-hydrogen) atoms. The van der Waals surface area contributed by atoms with Crippen molar-refractivity contribution in [3.8, 4) is 10.6 Å². The highest BCUT2D eigenvalue weighted by Gasteiger charge is 2.40. The van der Waals surface area contributed by atoms with Crippen molar-refractivity contribution in [3.63, 3.8) is 0 Å². The van der Waals surface area contributed by atoms with Crippen LogP contribution in [0.1, 0.15) is 31.4 Å². The number of hydrogen-bond donors (Lipinski definition) is 2. The highest BCUT2D eigenvalue weighted by Crippen LogP contribution is 2.47. The van der Waals surface area contributed by atoms with E-state index in [1.165, 1.54) is 37.2 Å². The summed E-state index contributed by atoms with van der Waals surface area (Å²) in [5, 5.41) is 7.87. The summed E-state index contributed by atoms with van der Waals surface area (Å²) in [4.78, 5) is 4.56. The molecule has 2 aromatic rings. The average molecular weight is 306 g/mol. The summed E-state index contributed by atoms with van der Waals surface area (Å²) in [6, 6.07) is 0.605. The fourth-order valence-electron chi connectivity index (χ4n) is 3.67. The van der Waals surface area contributed by atoms with Gasteiger partial charge >= 0.3 is 0 Å². The van der Waals surface area contributed by atoms with Gasteiger partial charge < -0.3 is 11.1 Å². The molecule has 4 nitrogen and oxygen atoms in total. The maximum atomic E-state index is 6.06. The maximum absolute atomic E-state index is 6.06. The monoisotopic (exact) mass is 306 g/mol. The highest BCUT2D eigenvalue weighted by molar-refractivity contribution is 7.15. The highest BCUT2D eigenvalue weighted by atomic mass is 32.1. The predicted octanol–water partition coefficient (Wildman–Crippen LogP) is 3.76.